The van der Waals surface area contributed by atoms with Crippen molar-refractivity contribution in [3.8, 4) is 0 Å². The lowest BCUT2D eigenvalue weighted by Gasteiger charge is -2.37. The van der Waals surface area contributed by atoms with Gasteiger partial charge >= 0.3 is 0 Å². The number of likely N-dealkylation sites (tertiary alicyclic amines) is 1. The molecule has 1 aliphatic carbocycles. The Balaban J connectivity index is 1.30. The number of hydrogen-bond donors (Lipinski definition) is 0. The van der Waals surface area contributed by atoms with Crippen LogP contribution in [0.2, 0.25) is 0 Å². The first kappa shape index (κ1) is 17.6. The van der Waals surface area contributed by atoms with Gasteiger partial charge in [0.2, 0.25) is 11.8 Å². The molecule has 1 aromatic carbocycles. The van der Waals surface area contributed by atoms with Crippen molar-refractivity contribution in [1.29, 1.82) is 0 Å². The van der Waals surface area contributed by atoms with Gasteiger partial charge in [0.15, 0.2) is 0 Å². The van der Waals surface area contributed by atoms with Gasteiger partial charge in [-0.05, 0) is 43.2 Å². The summed E-state index contributed by atoms with van der Waals surface area (Å²) in [5.41, 5.74) is 2.67. The summed E-state index contributed by atoms with van der Waals surface area (Å²) in [4.78, 5) is 29.7. The van der Waals surface area contributed by atoms with Gasteiger partial charge in [0.05, 0.1) is 0 Å². The zero-order valence-corrected chi connectivity index (χ0v) is 15.7. The Kier molecular flexibility index (Phi) is 5.28. The van der Waals surface area contributed by atoms with Crippen molar-refractivity contribution < 1.29 is 9.59 Å². The minimum absolute atomic E-state index is 0.0932. The quantitative estimate of drug-likeness (QED) is 0.817. The Morgan fingerprint density at radius 2 is 1.35 bits per heavy atom. The maximum Gasteiger partial charge on any atom is 0.226 e. The van der Waals surface area contributed by atoms with Crippen LogP contribution in [-0.4, -0.2) is 41.2 Å². The minimum Gasteiger partial charge on any atom is -0.342 e. The molecule has 4 nitrogen and oxygen atoms in total. The van der Waals surface area contributed by atoms with E-state index in [0.29, 0.717) is 11.8 Å². The SMILES string of the molecule is O=C(C1CCCCC1)N1CCC(C(=O)N2CCc3ccccc3C2)CC1. The third-order valence-electron chi connectivity index (χ3n) is 6.55. The maximum atomic E-state index is 13.0. The Morgan fingerprint density at radius 3 is 2.08 bits per heavy atom. The monoisotopic (exact) mass is 354 g/mol. The van der Waals surface area contributed by atoms with Crippen molar-refractivity contribution in [2.45, 2.75) is 57.9 Å². The molecule has 3 aliphatic rings. The van der Waals surface area contributed by atoms with Gasteiger partial charge < -0.3 is 9.80 Å². The van der Waals surface area contributed by atoms with Crippen LogP contribution in [0.5, 0.6) is 0 Å². The van der Waals surface area contributed by atoms with Gasteiger partial charge in [0, 0.05) is 38.0 Å². The van der Waals surface area contributed by atoms with E-state index in [4.69, 9.17) is 0 Å². The summed E-state index contributed by atoms with van der Waals surface area (Å²) in [5, 5.41) is 0. The highest BCUT2D eigenvalue weighted by atomic mass is 16.2. The smallest absolute Gasteiger partial charge is 0.226 e. The number of hydrogen-bond acceptors (Lipinski definition) is 2. The molecule has 140 valence electrons. The van der Waals surface area contributed by atoms with Crippen LogP contribution in [-0.2, 0) is 22.6 Å². The first-order valence-electron chi connectivity index (χ1n) is 10.4. The number of amides is 2. The second-order valence-corrected chi connectivity index (χ2v) is 8.21. The third kappa shape index (κ3) is 3.65. The number of benzene rings is 1. The molecule has 0 bridgehead atoms. The topological polar surface area (TPSA) is 40.6 Å². The molecule has 4 rings (SSSR count). The summed E-state index contributed by atoms with van der Waals surface area (Å²) in [5.74, 6) is 0.983. The normalized spacial score (nSPS) is 22.2. The van der Waals surface area contributed by atoms with E-state index in [9.17, 15) is 9.59 Å². The molecule has 0 atom stereocenters. The molecule has 0 unspecified atom stereocenters. The fraction of sp³-hybridized carbons (Fsp3) is 0.636. The molecular weight excluding hydrogens is 324 g/mol. The van der Waals surface area contributed by atoms with Crippen LogP contribution in [0.4, 0.5) is 0 Å². The van der Waals surface area contributed by atoms with E-state index in [0.717, 1.165) is 58.3 Å². The van der Waals surface area contributed by atoms with E-state index in [1.165, 1.54) is 30.4 Å². The molecule has 0 aromatic heterocycles. The van der Waals surface area contributed by atoms with Crippen LogP contribution in [0.25, 0.3) is 0 Å². The molecule has 1 aromatic rings. The van der Waals surface area contributed by atoms with E-state index >= 15 is 0 Å². The number of rotatable bonds is 2. The van der Waals surface area contributed by atoms with Crippen molar-refractivity contribution >= 4 is 11.8 Å². The van der Waals surface area contributed by atoms with Crippen LogP contribution in [0.15, 0.2) is 24.3 Å². The van der Waals surface area contributed by atoms with Gasteiger partial charge in [0.1, 0.15) is 0 Å². The molecule has 2 amide bonds. The third-order valence-corrected chi connectivity index (χ3v) is 6.55. The molecule has 1 saturated carbocycles. The van der Waals surface area contributed by atoms with E-state index in [2.05, 4.69) is 24.3 Å². The van der Waals surface area contributed by atoms with Crippen LogP contribution >= 0.6 is 0 Å². The minimum atomic E-state index is 0.0932. The molecule has 4 heteroatoms. The van der Waals surface area contributed by atoms with Crippen LogP contribution in [0, 0.1) is 11.8 Å². The first-order chi connectivity index (χ1) is 12.7. The van der Waals surface area contributed by atoms with Gasteiger partial charge in [-0.15, -0.1) is 0 Å². The lowest BCUT2D eigenvalue weighted by Crippen LogP contribution is -2.47. The molecule has 1 saturated heterocycles. The average Bonchev–Trinajstić information content (AvgIpc) is 2.73. The van der Waals surface area contributed by atoms with Crippen LogP contribution in [0.1, 0.15) is 56.1 Å². The number of carbonyl (C=O) groups is 2. The number of fused-ring (bicyclic) bond motifs is 1. The summed E-state index contributed by atoms with van der Waals surface area (Å²) in [6, 6.07) is 8.45. The van der Waals surface area contributed by atoms with Crippen molar-refractivity contribution in [2.24, 2.45) is 11.8 Å². The molecule has 2 aliphatic heterocycles. The van der Waals surface area contributed by atoms with Crippen LogP contribution < -0.4 is 0 Å². The van der Waals surface area contributed by atoms with E-state index < -0.39 is 0 Å². The fourth-order valence-electron chi connectivity index (χ4n) is 4.90. The molecule has 2 fully saturated rings. The average molecular weight is 354 g/mol. The Bertz CT molecular complexity index is 658. The molecule has 0 spiro atoms. The Morgan fingerprint density at radius 1 is 0.731 bits per heavy atom. The molecule has 0 N–H and O–H groups in total. The van der Waals surface area contributed by atoms with E-state index in [1.807, 2.05) is 9.80 Å². The Hall–Kier alpha value is -1.84. The van der Waals surface area contributed by atoms with Crippen molar-refractivity contribution in [1.82, 2.24) is 9.80 Å². The number of nitrogens with zero attached hydrogens (tertiary/aromatic N) is 2. The zero-order valence-electron chi connectivity index (χ0n) is 15.7. The van der Waals surface area contributed by atoms with Crippen molar-refractivity contribution in [3.63, 3.8) is 0 Å². The first-order valence-corrected chi connectivity index (χ1v) is 10.4. The second kappa shape index (κ2) is 7.81. The summed E-state index contributed by atoms with van der Waals surface area (Å²) in [6.45, 7) is 3.10. The number of carbonyl (C=O) groups excluding carboxylic acids is 2. The highest BCUT2D eigenvalue weighted by Crippen LogP contribution is 2.29. The van der Waals surface area contributed by atoms with Crippen molar-refractivity contribution in [2.75, 3.05) is 19.6 Å². The highest BCUT2D eigenvalue weighted by molar-refractivity contribution is 5.81. The van der Waals surface area contributed by atoms with Crippen LogP contribution in [0.3, 0.4) is 0 Å². The molecular formula is C22H30N2O2. The molecule has 26 heavy (non-hydrogen) atoms. The lowest BCUT2D eigenvalue weighted by atomic mass is 9.87. The predicted octanol–water partition coefficient (Wildman–Crippen LogP) is 3.39. The second-order valence-electron chi connectivity index (χ2n) is 8.21. The van der Waals surface area contributed by atoms with E-state index in [1.54, 1.807) is 0 Å². The number of piperidine rings is 1. The largest absolute Gasteiger partial charge is 0.342 e. The fourth-order valence-corrected chi connectivity index (χ4v) is 4.90. The molecule has 0 radical (unpaired) electrons. The standard InChI is InChI=1S/C22H30N2O2/c25-21(18-7-2-1-3-8-18)23-13-11-19(12-14-23)22(26)24-15-10-17-6-4-5-9-20(17)16-24/h4-6,9,18-19H,1-3,7-8,10-16H2. The summed E-state index contributed by atoms with van der Waals surface area (Å²) < 4.78 is 0. The lowest BCUT2D eigenvalue weighted by molar-refractivity contribution is -0.143. The highest BCUT2D eigenvalue weighted by Gasteiger charge is 2.33. The van der Waals surface area contributed by atoms with Gasteiger partial charge in [-0.25, -0.2) is 0 Å². The summed E-state index contributed by atoms with van der Waals surface area (Å²) in [6.07, 6.45) is 8.41. The van der Waals surface area contributed by atoms with Gasteiger partial charge in [0.25, 0.3) is 0 Å². The van der Waals surface area contributed by atoms with Gasteiger partial charge in [-0.2, -0.15) is 0 Å². The van der Waals surface area contributed by atoms with Crippen molar-refractivity contribution in [3.05, 3.63) is 35.4 Å². The maximum absolute atomic E-state index is 13.0. The predicted molar refractivity (Wildman–Crippen MR) is 101 cm³/mol. The Labute approximate surface area is 156 Å². The summed E-state index contributed by atoms with van der Waals surface area (Å²) >= 11 is 0. The van der Waals surface area contributed by atoms with Gasteiger partial charge in [-0.3, -0.25) is 9.59 Å². The summed E-state index contributed by atoms with van der Waals surface area (Å²) in [7, 11) is 0. The van der Waals surface area contributed by atoms with E-state index in [-0.39, 0.29) is 11.8 Å². The zero-order chi connectivity index (χ0) is 17.9. The van der Waals surface area contributed by atoms with Gasteiger partial charge in [-0.1, -0.05) is 43.5 Å². The molecule has 2 heterocycles.